The zero-order valence-corrected chi connectivity index (χ0v) is 10.7. The first-order valence-corrected chi connectivity index (χ1v) is 6.07. The number of rotatable bonds is 2. The molecule has 2 aromatic rings. The highest BCUT2D eigenvalue weighted by Crippen LogP contribution is 2.26. The van der Waals surface area contributed by atoms with E-state index in [1.165, 1.54) is 0 Å². The van der Waals surface area contributed by atoms with Crippen LogP contribution in [-0.4, -0.2) is 0 Å². The van der Waals surface area contributed by atoms with Crippen molar-refractivity contribution in [3.05, 3.63) is 45.1 Å². The van der Waals surface area contributed by atoms with E-state index in [0.29, 0.717) is 16.9 Å². The maximum atomic E-state index is 11.0. The summed E-state index contributed by atoms with van der Waals surface area (Å²) in [5.74, 6) is 0.288. The minimum atomic E-state index is -0.681. The van der Waals surface area contributed by atoms with Crippen molar-refractivity contribution in [3.63, 3.8) is 0 Å². The van der Waals surface area contributed by atoms with Crippen molar-refractivity contribution in [2.45, 2.75) is 5.33 Å². The van der Waals surface area contributed by atoms with Crippen molar-refractivity contribution in [3.8, 4) is 11.3 Å². The summed E-state index contributed by atoms with van der Waals surface area (Å²) in [6.45, 7) is 0. The molecular formula is C10H6Br2O3. The first kappa shape index (κ1) is 10.7. The molecule has 0 saturated carbocycles. The molecule has 0 fully saturated rings. The first-order valence-electron chi connectivity index (χ1n) is 4.15. The Morgan fingerprint density at radius 1 is 1.27 bits per heavy atom. The fraction of sp³-hybridized carbons (Fsp3) is 0.100. The molecule has 2 rings (SSSR count). The van der Waals surface area contributed by atoms with Crippen LogP contribution in [0.1, 0.15) is 5.76 Å². The summed E-state index contributed by atoms with van der Waals surface area (Å²) in [6.07, 6.45) is 0. The highest BCUT2D eigenvalue weighted by Gasteiger charge is 2.13. The number of hydrogen-bond acceptors (Lipinski definition) is 3. The normalized spacial score (nSPS) is 10.5. The van der Waals surface area contributed by atoms with Gasteiger partial charge in [-0.1, -0.05) is 44.0 Å². The maximum absolute atomic E-state index is 11.0. The SMILES string of the molecule is O=c1oc(CBr)c(-c2cccc(Br)c2)o1. The molecular weight excluding hydrogens is 328 g/mol. The lowest BCUT2D eigenvalue weighted by atomic mass is 10.1. The van der Waals surface area contributed by atoms with Crippen LogP contribution in [0.15, 0.2) is 42.4 Å². The molecule has 0 N–H and O–H groups in total. The largest absolute Gasteiger partial charge is 0.519 e. The number of halogens is 2. The Hall–Kier alpha value is -0.810. The van der Waals surface area contributed by atoms with E-state index in [-0.39, 0.29) is 0 Å². The van der Waals surface area contributed by atoms with Crippen LogP contribution < -0.4 is 5.82 Å². The molecule has 0 bridgehead atoms. The van der Waals surface area contributed by atoms with Crippen molar-refractivity contribution >= 4 is 31.9 Å². The lowest BCUT2D eigenvalue weighted by Gasteiger charge is -1.97. The maximum Gasteiger partial charge on any atom is 0.519 e. The van der Waals surface area contributed by atoms with Gasteiger partial charge in [-0.2, -0.15) is 0 Å². The average molecular weight is 334 g/mol. The first-order chi connectivity index (χ1) is 7.20. The minimum absolute atomic E-state index is 0.445. The molecule has 0 aliphatic rings. The molecule has 3 nitrogen and oxygen atoms in total. The van der Waals surface area contributed by atoms with Crippen molar-refractivity contribution in [1.82, 2.24) is 0 Å². The predicted octanol–water partition coefficient (Wildman–Crippen LogP) is 3.56. The Morgan fingerprint density at radius 3 is 2.73 bits per heavy atom. The Morgan fingerprint density at radius 2 is 2.07 bits per heavy atom. The van der Waals surface area contributed by atoms with Crippen molar-refractivity contribution in [2.24, 2.45) is 0 Å². The topological polar surface area (TPSA) is 43.4 Å². The predicted molar refractivity (Wildman–Crippen MR) is 63.0 cm³/mol. The van der Waals surface area contributed by atoms with Crippen LogP contribution >= 0.6 is 31.9 Å². The van der Waals surface area contributed by atoms with Crippen molar-refractivity contribution in [1.29, 1.82) is 0 Å². The Kier molecular flexibility index (Phi) is 3.11. The third-order valence-electron chi connectivity index (χ3n) is 1.85. The number of hydrogen-bond donors (Lipinski definition) is 0. The second-order valence-electron chi connectivity index (χ2n) is 2.85. The lowest BCUT2D eigenvalue weighted by Crippen LogP contribution is -1.85. The van der Waals surface area contributed by atoms with Crippen LogP contribution in [0.3, 0.4) is 0 Å². The third-order valence-corrected chi connectivity index (χ3v) is 2.86. The third kappa shape index (κ3) is 2.23. The van der Waals surface area contributed by atoms with Gasteiger partial charge in [0.05, 0.1) is 5.33 Å². The van der Waals surface area contributed by atoms with Gasteiger partial charge in [-0.25, -0.2) is 4.79 Å². The van der Waals surface area contributed by atoms with E-state index >= 15 is 0 Å². The summed E-state index contributed by atoms with van der Waals surface area (Å²) < 4.78 is 10.8. The summed E-state index contributed by atoms with van der Waals surface area (Å²) in [4.78, 5) is 11.0. The van der Waals surface area contributed by atoms with E-state index in [0.717, 1.165) is 10.0 Å². The van der Waals surface area contributed by atoms with Gasteiger partial charge in [0.15, 0.2) is 11.5 Å². The summed E-state index contributed by atoms with van der Waals surface area (Å²) in [6, 6.07) is 7.48. The molecule has 5 heteroatoms. The van der Waals surface area contributed by atoms with Gasteiger partial charge in [0.1, 0.15) is 0 Å². The van der Waals surface area contributed by atoms with E-state index in [9.17, 15) is 4.79 Å². The van der Waals surface area contributed by atoms with E-state index in [4.69, 9.17) is 8.83 Å². The van der Waals surface area contributed by atoms with Gasteiger partial charge < -0.3 is 8.83 Å². The molecule has 1 heterocycles. The smallest absolute Gasteiger partial charge is 0.394 e. The molecule has 0 radical (unpaired) electrons. The molecule has 0 amide bonds. The van der Waals surface area contributed by atoms with E-state index in [1.54, 1.807) is 0 Å². The monoisotopic (exact) mass is 332 g/mol. The van der Waals surface area contributed by atoms with Gasteiger partial charge in [0.25, 0.3) is 0 Å². The summed E-state index contributed by atoms with van der Waals surface area (Å²) in [5, 5.41) is 0.445. The van der Waals surface area contributed by atoms with Gasteiger partial charge in [-0.15, -0.1) is 0 Å². The Labute approximate surface area is 102 Å². The fourth-order valence-corrected chi connectivity index (χ4v) is 2.01. The molecule has 0 aliphatic heterocycles. The summed E-state index contributed by atoms with van der Waals surface area (Å²) in [7, 11) is 0. The second kappa shape index (κ2) is 4.37. The van der Waals surface area contributed by atoms with Gasteiger partial charge in [-0.3, -0.25) is 0 Å². The van der Waals surface area contributed by atoms with Crippen LogP contribution in [0.4, 0.5) is 0 Å². The van der Waals surface area contributed by atoms with E-state index < -0.39 is 5.82 Å². The molecule has 15 heavy (non-hydrogen) atoms. The van der Waals surface area contributed by atoms with Gasteiger partial charge in [-0.05, 0) is 12.1 Å². The molecule has 1 aromatic heterocycles. The molecule has 0 atom stereocenters. The fourth-order valence-electron chi connectivity index (χ4n) is 1.25. The average Bonchev–Trinajstić information content (AvgIpc) is 2.59. The van der Waals surface area contributed by atoms with Gasteiger partial charge >= 0.3 is 5.82 Å². The quantitative estimate of drug-likeness (QED) is 0.789. The van der Waals surface area contributed by atoms with Crippen molar-refractivity contribution in [2.75, 3.05) is 0 Å². The van der Waals surface area contributed by atoms with Gasteiger partial charge in [0, 0.05) is 10.0 Å². The van der Waals surface area contributed by atoms with Crippen LogP contribution in [0, 0.1) is 0 Å². The molecule has 0 unspecified atom stereocenters. The van der Waals surface area contributed by atoms with Crippen molar-refractivity contribution < 1.29 is 8.83 Å². The van der Waals surface area contributed by atoms with E-state index in [2.05, 4.69) is 31.9 Å². The van der Waals surface area contributed by atoms with Crippen LogP contribution in [-0.2, 0) is 5.33 Å². The zero-order valence-electron chi connectivity index (χ0n) is 7.50. The highest BCUT2D eigenvalue weighted by molar-refractivity contribution is 9.10. The number of benzene rings is 1. The molecule has 0 saturated heterocycles. The lowest BCUT2D eigenvalue weighted by molar-refractivity contribution is 0.381. The molecule has 78 valence electrons. The minimum Gasteiger partial charge on any atom is -0.394 e. The molecule has 0 spiro atoms. The highest BCUT2D eigenvalue weighted by atomic mass is 79.9. The second-order valence-corrected chi connectivity index (χ2v) is 4.33. The molecule has 1 aromatic carbocycles. The van der Waals surface area contributed by atoms with Gasteiger partial charge in [0.2, 0.25) is 0 Å². The van der Waals surface area contributed by atoms with Crippen LogP contribution in [0.5, 0.6) is 0 Å². The standard InChI is InChI=1S/C10H6Br2O3/c11-5-8-9(15-10(13)14-8)6-2-1-3-7(12)4-6/h1-4H,5H2. The summed E-state index contributed by atoms with van der Waals surface area (Å²) >= 11 is 6.58. The van der Waals surface area contributed by atoms with Crippen LogP contribution in [0.25, 0.3) is 11.3 Å². The Balaban J connectivity index is 2.57. The Bertz CT molecular complexity index is 527. The zero-order chi connectivity index (χ0) is 10.8. The summed E-state index contributed by atoms with van der Waals surface area (Å²) in [5.41, 5.74) is 0.810. The van der Waals surface area contributed by atoms with E-state index in [1.807, 2.05) is 24.3 Å². The number of alkyl halides is 1. The van der Waals surface area contributed by atoms with Crippen LogP contribution in [0.2, 0.25) is 0 Å². The molecule has 0 aliphatic carbocycles.